The fourth-order valence-corrected chi connectivity index (χ4v) is 3.95. The molecular formula is C20H24BrNO2. The number of hydrogen-bond acceptors (Lipinski definition) is 2. The molecule has 0 bridgehead atoms. The van der Waals surface area contributed by atoms with Gasteiger partial charge in [-0.05, 0) is 50.5 Å². The van der Waals surface area contributed by atoms with Gasteiger partial charge < -0.3 is 9.30 Å². The molecule has 1 saturated carbocycles. The largest absolute Gasteiger partial charge is 0.462 e. The van der Waals surface area contributed by atoms with Crippen LogP contribution in [0.15, 0.2) is 34.8 Å². The fourth-order valence-electron chi connectivity index (χ4n) is 3.69. The number of halogens is 1. The van der Waals surface area contributed by atoms with E-state index in [4.69, 9.17) is 4.74 Å². The lowest BCUT2D eigenvalue weighted by Crippen LogP contribution is -2.16. The van der Waals surface area contributed by atoms with Gasteiger partial charge in [0, 0.05) is 21.9 Å². The second-order valence-corrected chi connectivity index (χ2v) is 7.33. The molecule has 128 valence electrons. The zero-order chi connectivity index (χ0) is 17.1. The van der Waals surface area contributed by atoms with Gasteiger partial charge in [0.2, 0.25) is 0 Å². The summed E-state index contributed by atoms with van der Waals surface area (Å²) >= 11 is 3.50. The van der Waals surface area contributed by atoms with Gasteiger partial charge in [-0.15, -0.1) is 0 Å². The Morgan fingerprint density at radius 1 is 1.21 bits per heavy atom. The van der Waals surface area contributed by atoms with E-state index in [0.717, 1.165) is 21.4 Å². The van der Waals surface area contributed by atoms with Crippen LogP contribution >= 0.6 is 15.9 Å². The predicted molar refractivity (Wildman–Crippen MR) is 100 cm³/mol. The summed E-state index contributed by atoms with van der Waals surface area (Å²) in [5.74, 6) is -0.220. The van der Waals surface area contributed by atoms with Crippen LogP contribution in [0.25, 0.3) is 11.3 Å². The molecule has 3 rings (SSSR count). The van der Waals surface area contributed by atoms with Crippen molar-refractivity contribution in [1.29, 1.82) is 0 Å². The van der Waals surface area contributed by atoms with Crippen molar-refractivity contribution in [3.05, 3.63) is 46.1 Å². The van der Waals surface area contributed by atoms with Gasteiger partial charge in [-0.25, -0.2) is 4.79 Å². The molecule has 0 amide bonds. The number of esters is 1. The maximum absolute atomic E-state index is 12.4. The molecule has 1 aliphatic carbocycles. The van der Waals surface area contributed by atoms with E-state index in [9.17, 15) is 4.79 Å². The van der Waals surface area contributed by atoms with E-state index in [0.29, 0.717) is 18.2 Å². The monoisotopic (exact) mass is 389 g/mol. The first-order valence-corrected chi connectivity index (χ1v) is 9.56. The highest BCUT2D eigenvalue weighted by atomic mass is 79.9. The van der Waals surface area contributed by atoms with E-state index in [1.165, 1.54) is 32.1 Å². The third-order valence-corrected chi connectivity index (χ3v) is 5.40. The van der Waals surface area contributed by atoms with Crippen LogP contribution in [0.4, 0.5) is 0 Å². The van der Waals surface area contributed by atoms with E-state index < -0.39 is 0 Å². The summed E-state index contributed by atoms with van der Waals surface area (Å²) in [5.41, 5.74) is 3.98. The van der Waals surface area contributed by atoms with Gasteiger partial charge in [-0.3, -0.25) is 0 Å². The van der Waals surface area contributed by atoms with Gasteiger partial charge in [0.05, 0.1) is 12.2 Å². The molecule has 2 aromatic rings. The maximum atomic E-state index is 12.4. The number of carbonyl (C=O) groups excluding carboxylic acids is 1. The van der Waals surface area contributed by atoms with Crippen molar-refractivity contribution >= 4 is 21.9 Å². The summed E-state index contributed by atoms with van der Waals surface area (Å²) < 4.78 is 8.69. The molecule has 0 radical (unpaired) electrons. The molecule has 1 aliphatic rings. The zero-order valence-corrected chi connectivity index (χ0v) is 15.9. The molecule has 0 saturated heterocycles. The lowest BCUT2D eigenvalue weighted by Gasteiger charge is -2.27. The van der Waals surface area contributed by atoms with Crippen LogP contribution in [-0.2, 0) is 4.74 Å². The molecule has 1 aromatic heterocycles. The van der Waals surface area contributed by atoms with Crippen LogP contribution in [0, 0.1) is 6.92 Å². The van der Waals surface area contributed by atoms with Gasteiger partial charge in [-0.1, -0.05) is 47.3 Å². The summed E-state index contributed by atoms with van der Waals surface area (Å²) in [6.45, 7) is 4.30. The molecule has 0 atom stereocenters. The van der Waals surface area contributed by atoms with E-state index >= 15 is 0 Å². The van der Waals surface area contributed by atoms with Crippen molar-refractivity contribution in [3.63, 3.8) is 0 Å². The number of benzene rings is 1. The maximum Gasteiger partial charge on any atom is 0.339 e. The first kappa shape index (κ1) is 17.3. The highest BCUT2D eigenvalue weighted by molar-refractivity contribution is 9.10. The van der Waals surface area contributed by atoms with Crippen LogP contribution in [-0.4, -0.2) is 17.1 Å². The van der Waals surface area contributed by atoms with E-state index in [1.54, 1.807) is 0 Å². The number of nitrogens with zero attached hydrogens (tertiary/aromatic N) is 1. The minimum atomic E-state index is -0.220. The quantitative estimate of drug-likeness (QED) is 0.608. The fraction of sp³-hybridized carbons (Fsp3) is 0.450. The van der Waals surface area contributed by atoms with Crippen LogP contribution < -0.4 is 0 Å². The van der Waals surface area contributed by atoms with E-state index in [1.807, 2.05) is 32.0 Å². The molecule has 0 aliphatic heterocycles. The van der Waals surface area contributed by atoms with Gasteiger partial charge in [0.25, 0.3) is 0 Å². The van der Waals surface area contributed by atoms with E-state index in [2.05, 4.69) is 32.6 Å². The Morgan fingerprint density at radius 2 is 1.88 bits per heavy atom. The number of rotatable bonds is 4. The number of carbonyl (C=O) groups is 1. The number of aromatic nitrogens is 1. The molecule has 0 N–H and O–H groups in total. The predicted octanol–water partition coefficient (Wildman–Crippen LogP) is 5.91. The normalized spacial score (nSPS) is 15.5. The highest BCUT2D eigenvalue weighted by Crippen LogP contribution is 2.36. The van der Waals surface area contributed by atoms with Crippen LogP contribution in [0.1, 0.15) is 61.1 Å². The lowest BCUT2D eigenvalue weighted by molar-refractivity contribution is 0.0525. The first-order valence-electron chi connectivity index (χ1n) is 8.76. The summed E-state index contributed by atoms with van der Waals surface area (Å²) in [5, 5.41) is 0. The van der Waals surface area contributed by atoms with Crippen molar-refractivity contribution in [2.45, 2.75) is 52.0 Å². The minimum Gasteiger partial charge on any atom is -0.462 e. The second kappa shape index (κ2) is 7.56. The highest BCUT2D eigenvalue weighted by Gasteiger charge is 2.25. The molecule has 0 spiro atoms. The Morgan fingerprint density at radius 3 is 2.50 bits per heavy atom. The van der Waals surface area contributed by atoms with Gasteiger partial charge >= 0.3 is 5.97 Å². The van der Waals surface area contributed by atoms with Crippen molar-refractivity contribution in [3.8, 4) is 11.3 Å². The third-order valence-electron chi connectivity index (χ3n) is 4.87. The Hall–Kier alpha value is -1.55. The Bertz CT molecular complexity index is 712. The molecule has 4 heteroatoms. The SMILES string of the molecule is CCOC(=O)c1cc(-c2ccc(Br)cc2)n(C2CCCCC2)c1C. The molecule has 0 unspecified atom stereocenters. The molecule has 1 fully saturated rings. The van der Waals surface area contributed by atoms with Crippen molar-refractivity contribution < 1.29 is 9.53 Å². The smallest absolute Gasteiger partial charge is 0.339 e. The lowest BCUT2D eigenvalue weighted by atomic mass is 9.94. The molecule has 1 aromatic carbocycles. The van der Waals surface area contributed by atoms with Gasteiger partial charge in [0.15, 0.2) is 0 Å². The molecule has 24 heavy (non-hydrogen) atoms. The summed E-state index contributed by atoms with van der Waals surface area (Å²) in [4.78, 5) is 12.4. The van der Waals surface area contributed by atoms with E-state index in [-0.39, 0.29) is 5.97 Å². The third kappa shape index (κ3) is 3.44. The molecular weight excluding hydrogens is 366 g/mol. The van der Waals surface area contributed by atoms with Gasteiger partial charge in [0.1, 0.15) is 0 Å². The summed E-state index contributed by atoms with van der Waals surface area (Å²) in [6.07, 6.45) is 6.20. The van der Waals surface area contributed by atoms with Crippen molar-refractivity contribution in [2.75, 3.05) is 6.61 Å². The average Bonchev–Trinajstić information content (AvgIpc) is 2.94. The molecule has 3 nitrogen and oxygen atoms in total. The Labute approximate surface area is 152 Å². The average molecular weight is 390 g/mol. The zero-order valence-electron chi connectivity index (χ0n) is 14.3. The standard InChI is InChI=1S/C20H24BrNO2/c1-3-24-20(23)18-13-19(15-9-11-16(21)12-10-15)22(14(18)2)17-7-5-4-6-8-17/h9-13,17H,3-8H2,1-2H3. The van der Waals surface area contributed by atoms with Crippen LogP contribution in [0.3, 0.4) is 0 Å². The Kier molecular flexibility index (Phi) is 5.44. The van der Waals surface area contributed by atoms with Crippen molar-refractivity contribution in [2.24, 2.45) is 0 Å². The summed E-state index contributed by atoms with van der Waals surface area (Å²) in [6, 6.07) is 10.8. The van der Waals surface area contributed by atoms with Gasteiger partial charge in [-0.2, -0.15) is 0 Å². The summed E-state index contributed by atoms with van der Waals surface area (Å²) in [7, 11) is 0. The number of hydrogen-bond donors (Lipinski definition) is 0. The Balaban J connectivity index is 2.09. The van der Waals surface area contributed by atoms with Crippen LogP contribution in [0.2, 0.25) is 0 Å². The van der Waals surface area contributed by atoms with Crippen molar-refractivity contribution in [1.82, 2.24) is 4.57 Å². The second-order valence-electron chi connectivity index (χ2n) is 6.42. The first-order chi connectivity index (χ1) is 11.6. The minimum absolute atomic E-state index is 0.220. The topological polar surface area (TPSA) is 31.2 Å². The number of ether oxygens (including phenoxy) is 1. The molecule has 1 heterocycles. The van der Waals surface area contributed by atoms with Crippen LogP contribution in [0.5, 0.6) is 0 Å².